The summed E-state index contributed by atoms with van der Waals surface area (Å²) in [5.74, 6) is -1.07. The molecule has 41 heavy (non-hydrogen) atoms. The molecule has 0 radical (unpaired) electrons. The number of hydrogen-bond donors (Lipinski definition) is 2. The quantitative estimate of drug-likeness (QED) is 0.257. The molecule has 3 N–H and O–H groups in total. The van der Waals surface area contributed by atoms with Gasteiger partial charge in [0.15, 0.2) is 0 Å². The highest BCUT2D eigenvalue weighted by Crippen LogP contribution is 2.48. The summed E-state index contributed by atoms with van der Waals surface area (Å²) in [5.41, 5.74) is 6.62. The van der Waals surface area contributed by atoms with Crippen LogP contribution in [-0.4, -0.2) is 52.3 Å². The molecule has 1 amide bonds. The predicted molar refractivity (Wildman–Crippen MR) is 172 cm³/mol. The van der Waals surface area contributed by atoms with Crippen molar-refractivity contribution in [3.63, 3.8) is 0 Å². The van der Waals surface area contributed by atoms with E-state index in [2.05, 4.69) is 97.1 Å². The van der Waals surface area contributed by atoms with Crippen molar-refractivity contribution >= 4 is 48.9 Å². The van der Waals surface area contributed by atoms with E-state index in [1.54, 1.807) is 0 Å². The number of carboxylic acid groups (broad SMARTS) is 1. The molecule has 4 aromatic carbocycles. The van der Waals surface area contributed by atoms with E-state index in [0.717, 1.165) is 12.6 Å². The van der Waals surface area contributed by atoms with E-state index in [1.165, 1.54) is 21.2 Å². The van der Waals surface area contributed by atoms with Gasteiger partial charge < -0.3 is 15.7 Å². The second-order valence-corrected chi connectivity index (χ2v) is 15.2. The maximum atomic E-state index is 13.9. The lowest BCUT2D eigenvalue weighted by molar-refractivity contribution is -0.137. The number of aliphatic carboxylic acids is 1. The van der Waals surface area contributed by atoms with Crippen LogP contribution in [0.4, 0.5) is 0 Å². The Kier molecular flexibility index (Phi) is 9.96. The molecule has 3 atom stereocenters. The minimum absolute atomic E-state index is 0.00678. The predicted octanol–water partition coefficient (Wildman–Crippen LogP) is 4.41. The van der Waals surface area contributed by atoms with E-state index in [4.69, 9.17) is 5.73 Å². The fourth-order valence-corrected chi connectivity index (χ4v) is 11.1. The first-order valence-corrected chi connectivity index (χ1v) is 17.0. The number of hydrogen-bond acceptors (Lipinski definition) is 3. The van der Waals surface area contributed by atoms with Crippen LogP contribution in [0, 0.1) is 0 Å². The zero-order valence-electron chi connectivity index (χ0n) is 23.0. The van der Waals surface area contributed by atoms with Crippen molar-refractivity contribution in [3.05, 3.63) is 121 Å². The fourth-order valence-electron chi connectivity index (χ4n) is 5.67. The Morgan fingerprint density at radius 1 is 0.756 bits per heavy atom. The maximum absolute atomic E-state index is 13.9. The molecule has 1 fully saturated rings. The normalized spacial score (nSPS) is 17.6. The highest BCUT2D eigenvalue weighted by Gasteiger charge is 2.42. The molecule has 210 valence electrons. The third-order valence-corrected chi connectivity index (χ3v) is 13.1. The molecule has 5 nitrogen and oxygen atoms in total. The number of benzene rings is 4. The number of carbonyl (C=O) groups excluding carboxylic acids is 1. The smallest absolute Gasteiger partial charge is 0.303 e. The SMILES string of the molecule is N[C@@H](CCC(=O)O)C(=O)N1C[C@@H](P(c2ccccc2)c2ccccc2)C[C@H]1CP(c1ccccc1)c1ccccc1. The molecular weight excluding hydrogens is 546 g/mol. The first kappa shape index (κ1) is 29.1. The summed E-state index contributed by atoms with van der Waals surface area (Å²) in [7, 11) is -1.44. The van der Waals surface area contributed by atoms with Crippen molar-refractivity contribution in [2.75, 3.05) is 12.7 Å². The Balaban J connectivity index is 1.51. The van der Waals surface area contributed by atoms with Crippen molar-refractivity contribution in [1.82, 2.24) is 4.90 Å². The first-order valence-electron chi connectivity index (χ1n) is 14.1. The van der Waals surface area contributed by atoms with Gasteiger partial charge in [0.05, 0.1) is 6.04 Å². The van der Waals surface area contributed by atoms with Gasteiger partial charge in [-0.05, 0) is 56.1 Å². The summed E-state index contributed by atoms with van der Waals surface area (Å²) < 4.78 is 0. The number of amides is 1. The third-order valence-electron chi connectivity index (χ3n) is 7.62. The minimum atomic E-state index is -0.933. The van der Waals surface area contributed by atoms with E-state index in [-0.39, 0.29) is 30.4 Å². The zero-order valence-corrected chi connectivity index (χ0v) is 24.8. The minimum Gasteiger partial charge on any atom is -0.481 e. The maximum Gasteiger partial charge on any atom is 0.303 e. The summed E-state index contributed by atoms with van der Waals surface area (Å²) in [5, 5.41) is 14.4. The van der Waals surface area contributed by atoms with Gasteiger partial charge in [-0.3, -0.25) is 9.59 Å². The molecule has 0 aliphatic carbocycles. The largest absolute Gasteiger partial charge is 0.481 e. The van der Waals surface area contributed by atoms with Crippen molar-refractivity contribution in [3.8, 4) is 0 Å². The molecule has 7 heteroatoms. The van der Waals surface area contributed by atoms with Crippen LogP contribution in [0.15, 0.2) is 121 Å². The number of rotatable bonds is 11. The average Bonchev–Trinajstić information content (AvgIpc) is 3.43. The Hall–Kier alpha value is -3.36. The summed E-state index contributed by atoms with van der Waals surface area (Å²) in [4.78, 5) is 27.1. The molecule has 1 heterocycles. The van der Waals surface area contributed by atoms with E-state index in [9.17, 15) is 14.7 Å². The van der Waals surface area contributed by atoms with Crippen LogP contribution in [0.25, 0.3) is 0 Å². The van der Waals surface area contributed by atoms with Gasteiger partial charge in [0.25, 0.3) is 0 Å². The van der Waals surface area contributed by atoms with Crippen LogP contribution in [0.2, 0.25) is 0 Å². The lowest BCUT2D eigenvalue weighted by Gasteiger charge is -2.31. The van der Waals surface area contributed by atoms with Crippen LogP contribution >= 0.6 is 15.8 Å². The summed E-state index contributed by atoms with van der Waals surface area (Å²) in [6, 6.07) is 41.6. The Morgan fingerprint density at radius 2 is 1.20 bits per heavy atom. The number of nitrogens with two attached hydrogens (primary N) is 1. The number of nitrogens with zero attached hydrogens (tertiary/aromatic N) is 1. The number of carboxylic acids is 1. The zero-order chi connectivity index (χ0) is 28.6. The molecule has 0 unspecified atom stereocenters. The van der Waals surface area contributed by atoms with Crippen molar-refractivity contribution < 1.29 is 14.7 Å². The number of carbonyl (C=O) groups is 2. The van der Waals surface area contributed by atoms with Gasteiger partial charge in [-0.1, -0.05) is 121 Å². The first-order chi connectivity index (χ1) is 20.0. The van der Waals surface area contributed by atoms with Crippen LogP contribution < -0.4 is 27.0 Å². The highest BCUT2D eigenvalue weighted by atomic mass is 31.1. The molecule has 1 saturated heterocycles. The van der Waals surface area contributed by atoms with E-state index >= 15 is 0 Å². The third kappa shape index (κ3) is 7.29. The Labute approximate surface area is 244 Å². The van der Waals surface area contributed by atoms with E-state index in [1.807, 2.05) is 29.2 Å². The molecule has 0 spiro atoms. The van der Waals surface area contributed by atoms with Gasteiger partial charge in [-0.25, -0.2) is 0 Å². The molecule has 0 saturated carbocycles. The van der Waals surface area contributed by atoms with Gasteiger partial charge in [0.1, 0.15) is 0 Å². The monoisotopic (exact) mass is 582 g/mol. The molecular formula is C34H36N2O3P2. The van der Waals surface area contributed by atoms with Crippen LogP contribution in [0.5, 0.6) is 0 Å². The average molecular weight is 583 g/mol. The lowest BCUT2D eigenvalue weighted by atomic mass is 10.1. The molecule has 0 aromatic heterocycles. The molecule has 1 aliphatic heterocycles. The van der Waals surface area contributed by atoms with Gasteiger partial charge in [-0.2, -0.15) is 0 Å². The van der Waals surface area contributed by atoms with Gasteiger partial charge >= 0.3 is 5.97 Å². The van der Waals surface area contributed by atoms with Crippen LogP contribution in [-0.2, 0) is 9.59 Å². The van der Waals surface area contributed by atoms with Crippen molar-refractivity contribution in [2.45, 2.75) is 37.0 Å². The highest BCUT2D eigenvalue weighted by molar-refractivity contribution is 7.74. The summed E-state index contributed by atoms with van der Waals surface area (Å²) in [6.07, 6.45) is 1.74. The Morgan fingerprint density at radius 3 is 1.63 bits per heavy atom. The molecule has 4 aromatic rings. The van der Waals surface area contributed by atoms with Gasteiger partial charge in [-0.15, -0.1) is 0 Å². The van der Waals surface area contributed by atoms with Crippen molar-refractivity contribution in [2.24, 2.45) is 5.73 Å². The van der Waals surface area contributed by atoms with Crippen LogP contribution in [0.3, 0.4) is 0 Å². The van der Waals surface area contributed by atoms with E-state index < -0.39 is 27.9 Å². The second-order valence-electron chi connectivity index (χ2n) is 10.4. The standard InChI is InChI=1S/C34H36N2O3P2/c35-32(21-22-33(37)38)34(39)36-24-31(41(29-17-9-3-10-18-29)30-19-11-4-12-20-30)23-26(36)25-40(27-13-5-1-6-14-27)28-15-7-2-8-16-28/h1-20,26,31-32H,21-25,35H2,(H,37,38)/t26-,31-,32-/m0/s1. The molecule has 5 rings (SSSR count). The fraction of sp³-hybridized carbons (Fsp3) is 0.235. The number of likely N-dealkylation sites (tertiary alicyclic amines) is 1. The second kappa shape index (κ2) is 14.0. The Bertz CT molecular complexity index is 1330. The lowest BCUT2D eigenvalue weighted by Crippen LogP contribution is -2.47. The van der Waals surface area contributed by atoms with Gasteiger partial charge in [0, 0.05) is 24.7 Å². The van der Waals surface area contributed by atoms with Gasteiger partial charge in [0.2, 0.25) is 5.91 Å². The molecule has 1 aliphatic rings. The van der Waals surface area contributed by atoms with E-state index in [0.29, 0.717) is 6.54 Å². The van der Waals surface area contributed by atoms with Crippen LogP contribution in [0.1, 0.15) is 19.3 Å². The van der Waals surface area contributed by atoms with Crippen molar-refractivity contribution in [1.29, 1.82) is 0 Å². The summed E-state index contributed by atoms with van der Waals surface area (Å²) in [6.45, 7) is 0.618. The molecule has 0 bridgehead atoms. The topological polar surface area (TPSA) is 83.6 Å². The summed E-state index contributed by atoms with van der Waals surface area (Å²) >= 11 is 0.